The first kappa shape index (κ1) is 21.2. The molecule has 166 valence electrons. The summed E-state index contributed by atoms with van der Waals surface area (Å²) in [5.74, 6) is -5.61. The molecule has 31 heavy (non-hydrogen) atoms. The van der Waals surface area contributed by atoms with Crippen molar-refractivity contribution in [3.8, 4) is 5.75 Å². The maximum absolute atomic E-state index is 14.2. The lowest BCUT2D eigenvalue weighted by Gasteiger charge is -2.21. The van der Waals surface area contributed by atoms with Crippen LogP contribution in [0.15, 0.2) is 29.2 Å². The lowest BCUT2D eigenvalue weighted by Crippen LogP contribution is -2.41. The predicted molar refractivity (Wildman–Crippen MR) is 95.1 cm³/mol. The van der Waals surface area contributed by atoms with E-state index in [-0.39, 0.29) is 30.5 Å². The van der Waals surface area contributed by atoms with E-state index < -0.39 is 48.4 Å². The van der Waals surface area contributed by atoms with Crippen LogP contribution >= 0.6 is 0 Å². The second kappa shape index (κ2) is 7.92. The SMILES string of the molecule is O=C(Nc1ccn(C2O[C@H](CO)[C@@H](O)C2(F)F)c(=O)n1)c1cc(F)cc2c1OCOC2. The van der Waals surface area contributed by atoms with Gasteiger partial charge in [0.1, 0.15) is 23.5 Å². The van der Waals surface area contributed by atoms with Crippen LogP contribution in [0.1, 0.15) is 22.1 Å². The molecule has 0 aliphatic carbocycles. The molecule has 3 atom stereocenters. The minimum absolute atomic E-state index is 0.0396. The van der Waals surface area contributed by atoms with Crippen LogP contribution in [-0.2, 0) is 16.1 Å². The van der Waals surface area contributed by atoms with Gasteiger partial charge in [-0.3, -0.25) is 9.36 Å². The monoisotopic (exact) mass is 443 g/mol. The van der Waals surface area contributed by atoms with Gasteiger partial charge in [0.15, 0.2) is 12.9 Å². The van der Waals surface area contributed by atoms with Crippen LogP contribution in [0.3, 0.4) is 0 Å². The Morgan fingerprint density at radius 2 is 2.16 bits per heavy atom. The largest absolute Gasteiger partial charge is 0.466 e. The highest BCUT2D eigenvalue weighted by atomic mass is 19.3. The number of alkyl halides is 2. The molecule has 1 aromatic heterocycles. The zero-order valence-corrected chi connectivity index (χ0v) is 15.6. The van der Waals surface area contributed by atoms with Crippen LogP contribution < -0.4 is 15.7 Å². The van der Waals surface area contributed by atoms with Crippen LogP contribution in [0.4, 0.5) is 19.0 Å². The van der Waals surface area contributed by atoms with Gasteiger partial charge in [-0.2, -0.15) is 13.8 Å². The van der Waals surface area contributed by atoms with Crippen molar-refractivity contribution in [3.05, 3.63) is 51.8 Å². The summed E-state index contributed by atoms with van der Waals surface area (Å²) < 4.78 is 57.9. The minimum atomic E-state index is -3.87. The van der Waals surface area contributed by atoms with Gasteiger partial charge in [0.2, 0.25) is 6.23 Å². The van der Waals surface area contributed by atoms with Gasteiger partial charge in [0.25, 0.3) is 5.91 Å². The maximum atomic E-state index is 14.2. The summed E-state index contributed by atoms with van der Waals surface area (Å²) in [4.78, 5) is 28.3. The second-order valence-corrected chi connectivity index (χ2v) is 6.84. The molecule has 2 aliphatic heterocycles. The Labute approximate surface area is 171 Å². The van der Waals surface area contributed by atoms with Crippen molar-refractivity contribution >= 4 is 11.7 Å². The van der Waals surface area contributed by atoms with E-state index in [2.05, 4.69) is 10.3 Å². The Hall–Kier alpha value is -3.00. The van der Waals surface area contributed by atoms with E-state index in [0.717, 1.165) is 24.4 Å². The fraction of sp³-hybridized carbons (Fsp3) is 0.389. The highest BCUT2D eigenvalue weighted by molar-refractivity contribution is 6.06. The number of carbonyl (C=O) groups is 1. The van der Waals surface area contributed by atoms with E-state index in [0.29, 0.717) is 10.1 Å². The topological polar surface area (TPSA) is 132 Å². The summed E-state index contributed by atoms with van der Waals surface area (Å²) in [5.41, 5.74) is -1.06. The number of halogens is 3. The van der Waals surface area contributed by atoms with Crippen LogP contribution in [0, 0.1) is 5.82 Å². The quantitative estimate of drug-likeness (QED) is 0.618. The molecular formula is C18H16F3N3O7. The maximum Gasteiger partial charge on any atom is 0.351 e. The average molecular weight is 443 g/mol. The van der Waals surface area contributed by atoms with Gasteiger partial charge < -0.3 is 29.7 Å². The highest BCUT2D eigenvalue weighted by Gasteiger charge is 2.59. The number of aromatic nitrogens is 2. The fourth-order valence-electron chi connectivity index (χ4n) is 3.31. The van der Waals surface area contributed by atoms with E-state index >= 15 is 0 Å². The van der Waals surface area contributed by atoms with Crippen LogP contribution in [0.2, 0.25) is 0 Å². The number of ether oxygens (including phenoxy) is 3. The molecule has 13 heteroatoms. The van der Waals surface area contributed by atoms with Crippen molar-refractivity contribution in [3.63, 3.8) is 0 Å². The van der Waals surface area contributed by atoms with Crippen LogP contribution in [0.25, 0.3) is 0 Å². The molecule has 1 saturated heterocycles. The number of nitrogens with zero attached hydrogens (tertiary/aromatic N) is 2. The average Bonchev–Trinajstić information content (AvgIpc) is 2.96. The molecule has 1 unspecified atom stereocenters. The van der Waals surface area contributed by atoms with Gasteiger partial charge in [-0.15, -0.1) is 0 Å². The molecule has 1 fully saturated rings. The number of aliphatic hydroxyl groups is 2. The van der Waals surface area contributed by atoms with Gasteiger partial charge in [0, 0.05) is 11.8 Å². The zero-order valence-electron chi connectivity index (χ0n) is 15.6. The van der Waals surface area contributed by atoms with Crippen LogP contribution in [0.5, 0.6) is 5.75 Å². The predicted octanol–water partition coefficient (Wildman–Crippen LogP) is 0.387. The number of hydrogen-bond acceptors (Lipinski definition) is 8. The molecule has 3 N–H and O–H groups in total. The number of rotatable bonds is 4. The van der Waals surface area contributed by atoms with Crippen molar-refractivity contribution in [2.24, 2.45) is 0 Å². The van der Waals surface area contributed by atoms with Crippen molar-refractivity contribution in [1.82, 2.24) is 9.55 Å². The van der Waals surface area contributed by atoms with Gasteiger partial charge in [-0.05, 0) is 18.2 Å². The molecule has 2 aliphatic rings. The number of benzene rings is 1. The van der Waals surface area contributed by atoms with Crippen molar-refractivity contribution in [2.45, 2.75) is 31.0 Å². The number of carbonyl (C=O) groups excluding carboxylic acids is 1. The van der Waals surface area contributed by atoms with Crippen LogP contribution in [-0.4, -0.2) is 57.2 Å². The van der Waals surface area contributed by atoms with E-state index in [1.165, 1.54) is 0 Å². The minimum Gasteiger partial charge on any atom is -0.466 e. The lowest BCUT2D eigenvalue weighted by molar-refractivity contribution is -0.140. The van der Waals surface area contributed by atoms with Gasteiger partial charge in [0.05, 0.1) is 18.8 Å². The first-order valence-electron chi connectivity index (χ1n) is 8.98. The van der Waals surface area contributed by atoms with Gasteiger partial charge >= 0.3 is 11.6 Å². The molecule has 3 heterocycles. The Balaban J connectivity index is 1.58. The molecule has 1 aromatic carbocycles. The number of anilines is 1. The molecule has 10 nitrogen and oxygen atoms in total. The second-order valence-electron chi connectivity index (χ2n) is 6.84. The van der Waals surface area contributed by atoms with E-state index in [4.69, 9.17) is 19.3 Å². The molecule has 1 amide bonds. The third kappa shape index (κ3) is 3.76. The first-order valence-corrected chi connectivity index (χ1v) is 8.98. The third-order valence-electron chi connectivity index (χ3n) is 4.80. The highest BCUT2D eigenvalue weighted by Crippen LogP contribution is 2.42. The summed E-state index contributed by atoms with van der Waals surface area (Å²) >= 11 is 0. The molecule has 0 saturated carbocycles. The number of nitrogens with one attached hydrogen (secondary N) is 1. The normalized spacial score (nSPS) is 24.4. The zero-order chi connectivity index (χ0) is 22.3. The van der Waals surface area contributed by atoms with E-state index in [1.54, 1.807) is 0 Å². The summed E-state index contributed by atoms with van der Waals surface area (Å²) in [7, 11) is 0. The van der Waals surface area contributed by atoms with Gasteiger partial charge in [-0.1, -0.05) is 0 Å². The summed E-state index contributed by atoms with van der Waals surface area (Å²) in [6, 6.07) is 3.14. The number of fused-ring (bicyclic) bond motifs is 1. The molecule has 0 radical (unpaired) electrons. The smallest absolute Gasteiger partial charge is 0.351 e. The Morgan fingerprint density at radius 3 is 2.84 bits per heavy atom. The molecule has 0 bridgehead atoms. The van der Waals surface area contributed by atoms with Crippen molar-refractivity contribution < 1.29 is 42.4 Å². The Morgan fingerprint density at radius 1 is 1.39 bits per heavy atom. The number of amides is 1. The summed E-state index contributed by atoms with van der Waals surface area (Å²) in [6.45, 7) is -0.976. The molecular weight excluding hydrogens is 427 g/mol. The van der Waals surface area contributed by atoms with Gasteiger partial charge in [-0.25, -0.2) is 9.18 Å². The van der Waals surface area contributed by atoms with E-state index in [9.17, 15) is 27.9 Å². The summed E-state index contributed by atoms with van der Waals surface area (Å²) in [6.07, 6.45) is -5.22. The first-order chi connectivity index (χ1) is 14.7. The fourth-order valence-corrected chi connectivity index (χ4v) is 3.31. The standard InChI is InChI=1S/C18H16F3N3O7/c19-9-3-8-6-29-7-30-13(8)10(4-9)15(27)22-12-1-2-24(17(28)23-12)16-18(20,21)14(26)11(5-25)31-16/h1-4,11,14,16,25-26H,5-7H2,(H,22,23,27,28)/t11-,14-,16?/m1/s1. The van der Waals surface area contributed by atoms with Crippen molar-refractivity contribution in [2.75, 3.05) is 18.7 Å². The van der Waals surface area contributed by atoms with E-state index in [1.807, 2.05) is 0 Å². The number of hydrogen-bond donors (Lipinski definition) is 3. The van der Waals surface area contributed by atoms with Crippen molar-refractivity contribution in [1.29, 1.82) is 0 Å². The molecule has 2 aromatic rings. The Bertz CT molecular complexity index is 1080. The Kier molecular flexibility index (Phi) is 5.43. The molecule has 0 spiro atoms. The number of aliphatic hydroxyl groups excluding tert-OH is 2. The summed E-state index contributed by atoms with van der Waals surface area (Å²) in [5, 5.41) is 20.9. The third-order valence-corrected chi connectivity index (χ3v) is 4.80. The molecule has 4 rings (SSSR count). The lowest BCUT2D eigenvalue weighted by atomic mass is 10.1.